The second-order valence-corrected chi connectivity index (χ2v) is 8.00. The Balaban J connectivity index is 1.34. The molecule has 2 N–H and O–H groups in total. The van der Waals surface area contributed by atoms with E-state index >= 15 is 0 Å². The number of nitrogens with zero attached hydrogens (tertiary/aromatic N) is 3. The number of rotatable bonds is 8. The molecule has 0 aliphatic rings. The summed E-state index contributed by atoms with van der Waals surface area (Å²) in [7, 11) is 0. The van der Waals surface area contributed by atoms with Crippen molar-refractivity contribution in [2.75, 3.05) is 10.6 Å². The molecule has 32 heavy (non-hydrogen) atoms. The van der Waals surface area contributed by atoms with Crippen LogP contribution in [0.15, 0.2) is 88.9 Å². The minimum absolute atomic E-state index is 0.219. The zero-order valence-corrected chi connectivity index (χ0v) is 18.1. The molecule has 0 saturated carbocycles. The quantitative estimate of drug-likeness (QED) is 0.382. The summed E-state index contributed by atoms with van der Waals surface area (Å²) in [5, 5.41) is 9.62. The summed E-state index contributed by atoms with van der Waals surface area (Å²) in [6.07, 6.45) is 4.39. The first kappa shape index (κ1) is 21.4. The van der Waals surface area contributed by atoms with Gasteiger partial charge in [0.1, 0.15) is 18.7 Å². The maximum atomic E-state index is 12.7. The maximum absolute atomic E-state index is 12.7. The van der Waals surface area contributed by atoms with Crippen molar-refractivity contribution in [3.63, 3.8) is 0 Å². The number of hydrogen-bond donors (Lipinski definition) is 2. The van der Waals surface area contributed by atoms with Crippen LogP contribution in [0, 0.1) is 0 Å². The lowest BCUT2D eigenvalue weighted by Crippen LogP contribution is -2.24. The molecule has 0 aliphatic carbocycles. The predicted molar refractivity (Wildman–Crippen MR) is 122 cm³/mol. The van der Waals surface area contributed by atoms with Crippen molar-refractivity contribution < 1.29 is 14.0 Å². The van der Waals surface area contributed by atoms with Crippen LogP contribution in [0.2, 0.25) is 0 Å². The highest BCUT2D eigenvalue weighted by molar-refractivity contribution is 7.98. The van der Waals surface area contributed by atoms with E-state index in [0.717, 1.165) is 10.5 Å². The first-order valence-corrected chi connectivity index (χ1v) is 10.9. The van der Waals surface area contributed by atoms with E-state index in [4.69, 9.17) is 4.42 Å². The first-order chi connectivity index (χ1) is 15.6. The largest absolute Gasteiger partial charge is 0.459 e. The molecule has 0 spiro atoms. The third kappa shape index (κ3) is 5.25. The van der Waals surface area contributed by atoms with Crippen LogP contribution in [-0.4, -0.2) is 26.6 Å². The zero-order valence-electron chi connectivity index (χ0n) is 17.3. The van der Waals surface area contributed by atoms with Gasteiger partial charge in [0, 0.05) is 27.6 Å². The highest BCUT2D eigenvalue weighted by atomic mass is 32.2. The lowest BCUT2D eigenvalue weighted by molar-refractivity contribution is -0.119. The van der Waals surface area contributed by atoms with Crippen molar-refractivity contribution >= 4 is 35.0 Å². The van der Waals surface area contributed by atoms with Gasteiger partial charge in [0.2, 0.25) is 5.91 Å². The van der Waals surface area contributed by atoms with Gasteiger partial charge >= 0.3 is 0 Å². The Morgan fingerprint density at radius 1 is 1.03 bits per heavy atom. The lowest BCUT2D eigenvalue weighted by atomic mass is 10.2. The molecule has 2 aromatic heterocycles. The van der Waals surface area contributed by atoms with Crippen molar-refractivity contribution in [1.82, 2.24) is 14.8 Å². The number of nitrogens with one attached hydrogen (secondary N) is 2. The Bertz CT molecular complexity index is 1170. The Morgan fingerprint density at radius 3 is 2.44 bits per heavy atom. The van der Waals surface area contributed by atoms with Crippen LogP contribution in [0.25, 0.3) is 0 Å². The Hall–Kier alpha value is -3.85. The van der Waals surface area contributed by atoms with E-state index in [0.29, 0.717) is 17.1 Å². The molecule has 2 aromatic carbocycles. The number of anilines is 2. The molecular formula is C23H21N5O3S. The lowest BCUT2D eigenvalue weighted by Gasteiger charge is -2.12. The van der Waals surface area contributed by atoms with E-state index in [1.54, 1.807) is 49.0 Å². The first-order valence-electron chi connectivity index (χ1n) is 9.91. The van der Waals surface area contributed by atoms with Gasteiger partial charge in [-0.1, -0.05) is 18.2 Å². The third-order valence-electron chi connectivity index (χ3n) is 4.71. The third-order valence-corrected chi connectivity index (χ3v) is 5.77. The second kappa shape index (κ2) is 9.97. The summed E-state index contributed by atoms with van der Waals surface area (Å²) in [5.74, 6) is 0.365. The molecule has 8 nitrogen and oxygen atoms in total. The van der Waals surface area contributed by atoms with E-state index < -0.39 is 6.04 Å². The molecule has 2 amide bonds. The molecule has 0 fully saturated rings. The minimum atomic E-state index is -0.497. The average molecular weight is 448 g/mol. The summed E-state index contributed by atoms with van der Waals surface area (Å²) in [4.78, 5) is 30.0. The van der Waals surface area contributed by atoms with Crippen molar-refractivity contribution in [1.29, 1.82) is 0 Å². The van der Waals surface area contributed by atoms with Gasteiger partial charge < -0.3 is 15.1 Å². The van der Waals surface area contributed by atoms with Gasteiger partial charge in [0.25, 0.3) is 5.91 Å². The van der Waals surface area contributed by atoms with Crippen LogP contribution < -0.4 is 10.6 Å². The maximum Gasteiger partial charge on any atom is 0.291 e. The highest BCUT2D eigenvalue weighted by Gasteiger charge is 2.17. The normalized spacial score (nSPS) is 11.7. The van der Waals surface area contributed by atoms with Crippen molar-refractivity contribution in [3.05, 3.63) is 90.9 Å². The fourth-order valence-corrected chi connectivity index (χ4v) is 3.83. The van der Waals surface area contributed by atoms with Gasteiger partial charge in [-0.15, -0.1) is 11.8 Å². The number of thioether (sulfide) groups is 1. The molecular weight excluding hydrogens is 426 g/mol. The Labute approximate surface area is 189 Å². The van der Waals surface area contributed by atoms with Gasteiger partial charge in [-0.05, 0) is 49.4 Å². The minimum Gasteiger partial charge on any atom is -0.459 e. The number of hydrogen-bond acceptors (Lipinski definition) is 6. The highest BCUT2D eigenvalue weighted by Crippen LogP contribution is 2.25. The molecule has 9 heteroatoms. The molecule has 4 rings (SSSR count). The van der Waals surface area contributed by atoms with Crippen molar-refractivity contribution in [2.24, 2.45) is 0 Å². The molecule has 1 unspecified atom stereocenters. The molecule has 162 valence electrons. The van der Waals surface area contributed by atoms with Gasteiger partial charge in [0.15, 0.2) is 5.76 Å². The van der Waals surface area contributed by atoms with Crippen LogP contribution in [-0.2, 0) is 10.5 Å². The molecule has 2 heterocycles. The summed E-state index contributed by atoms with van der Waals surface area (Å²) in [6.45, 7) is 1.73. The number of benzene rings is 2. The monoisotopic (exact) mass is 447 g/mol. The SMILES string of the molecule is CC(C(=O)Nc1ccc(NC(=O)c2occc2CSc2ccccc2)cc1)n1cncn1. The van der Waals surface area contributed by atoms with Crippen LogP contribution in [0.3, 0.4) is 0 Å². The summed E-state index contributed by atoms with van der Waals surface area (Å²) in [6, 6.07) is 18.2. The van der Waals surface area contributed by atoms with E-state index in [2.05, 4.69) is 20.7 Å². The number of amides is 2. The second-order valence-electron chi connectivity index (χ2n) is 6.95. The van der Waals surface area contributed by atoms with Gasteiger partial charge in [-0.25, -0.2) is 9.67 Å². The number of furan rings is 1. The van der Waals surface area contributed by atoms with E-state index in [1.165, 1.54) is 23.6 Å². The molecule has 0 radical (unpaired) electrons. The fraction of sp³-hybridized carbons (Fsp3) is 0.130. The zero-order chi connectivity index (χ0) is 22.3. The predicted octanol–water partition coefficient (Wildman–Crippen LogP) is 4.62. The standard InChI is InChI=1S/C23H21N5O3S/c1-16(28-15-24-14-25-28)22(29)26-18-7-9-19(10-8-18)27-23(30)21-17(11-12-31-21)13-32-20-5-3-2-4-6-20/h2-12,14-16H,13H2,1H3,(H,26,29)(H,27,30). The molecule has 0 aliphatic heterocycles. The van der Waals surface area contributed by atoms with Crippen molar-refractivity contribution in [2.45, 2.75) is 23.6 Å². The van der Waals surface area contributed by atoms with Crippen LogP contribution in [0.4, 0.5) is 11.4 Å². The van der Waals surface area contributed by atoms with E-state index in [9.17, 15) is 9.59 Å². The fourth-order valence-electron chi connectivity index (χ4n) is 2.94. The van der Waals surface area contributed by atoms with Crippen LogP contribution in [0.1, 0.15) is 29.1 Å². The van der Waals surface area contributed by atoms with E-state index in [1.807, 2.05) is 30.3 Å². The molecule has 0 bridgehead atoms. The summed E-state index contributed by atoms with van der Waals surface area (Å²) in [5.41, 5.74) is 2.02. The summed E-state index contributed by atoms with van der Waals surface area (Å²) < 4.78 is 6.90. The Morgan fingerprint density at radius 2 is 1.75 bits per heavy atom. The van der Waals surface area contributed by atoms with E-state index in [-0.39, 0.29) is 17.6 Å². The average Bonchev–Trinajstić information content (AvgIpc) is 3.51. The summed E-state index contributed by atoms with van der Waals surface area (Å²) >= 11 is 1.63. The van der Waals surface area contributed by atoms with Crippen molar-refractivity contribution in [3.8, 4) is 0 Å². The molecule has 4 aromatic rings. The van der Waals surface area contributed by atoms with Crippen LogP contribution in [0.5, 0.6) is 0 Å². The number of carbonyl (C=O) groups is 2. The van der Waals surface area contributed by atoms with Gasteiger partial charge in [-0.3, -0.25) is 9.59 Å². The molecule has 1 atom stereocenters. The molecule has 0 saturated heterocycles. The number of carbonyl (C=O) groups excluding carboxylic acids is 2. The number of aromatic nitrogens is 3. The smallest absolute Gasteiger partial charge is 0.291 e. The Kier molecular flexibility index (Phi) is 6.66. The van der Waals surface area contributed by atoms with Crippen LogP contribution >= 0.6 is 11.8 Å². The van der Waals surface area contributed by atoms with Gasteiger partial charge in [-0.2, -0.15) is 5.10 Å². The van der Waals surface area contributed by atoms with Gasteiger partial charge in [0.05, 0.1) is 6.26 Å². The topological polar surface area (TPSA) is 102 Å².